The van der Waals surface area contributed by atoms with Gasteiger partial charge < -0.3 is 4.90 Å². The van der Waals surface area contributed by atoms with Gasteiger partial charge in [0.15, 0.2) is 0 Å². The highest BCUT2D eigenvalue weighted by atomic mass is 16.2. The average Bonchev–Trinajstić information content (AvgIpc) is 1.86. The zero-order valence-corrected chi connectivity index (χ0v) is 7.77. The third kappa shape index (κ3) is 5.97. The summed E-state index contributed by atoms with van der Waals surface area (Å²) >= 11 is 0. The van der Waals surface area contributed by atoms with E-state index in [-0.39, 0.29) is 5.91 Å². The minimum atomic E-state index is 0.115. The molecule has 66 valence electrons. The summed E-state index contributed by atoms with van der Waals surface area (Å²) in [4.78, 5) is 12.8. The Morgan fingerprint density at radius 3 is 2.45 bits per heavy atom. The van der Waals surface area contributed by atoms with Crippen LogP contribution in [-0.4, -0.2) is 45.0 Å². The second kappa shape index (κ2) is 5.23. The molecular weight excluding hydrogens is 142 g/mol. The SMILES string of the molecule is CC(=O)[NH+](C)NCCN(C)C. The molecule has 0 spiro atoms. The van der Waals surface area contributed by atoms with Gasteiger partial charge in [0.25, 0.3) is 0 Å². The fraction of sp³-hybridized carbons (Fsp3) is 0.857. The van der Waals surface area contributed by atoms with Gasteiger partial charge in [-0.2, -0.15) is 10.4 Å². The molecule has 0 aliphatic rings. The van der Waals surface area contributed by atoms with Gasteiger partial charge in [0.05, 0.1) is 20.5 Å². The van der Waals surface area contributed by atoms with Crippen molar-refractivity contribution in [1.82, 2.24) is 10.3 Å². The summed E-state index contributed by atoms with van der Waals surface area (Å²) in [6.07, 6.45) is 0. The lowest BCUT2D eigenvalue weighted by atomic mass is 10.6. The molecule has 0 aliphatic carbocycles. The number of nitrogens with one attached hydrogen (secondary N) is 2. The molecule has 0 aromatic heterocycles. The highest BCUT2D eigenvalue weighted by molar-refractivity contribution is 5.62. The third-order valence-electron chi connectivity index (χ3n) is 1.48. The number of rotatable bonds is 4. The first-order chi connectivity index (χ1) is 5.04. The van der Waals surface area contributed by atoms with E-state index in [0.717, 1.165) is 18.1 Å². The highest BCUT2D eigenvalue weighted by Gasteiger charge is 2.05. The van der Waals surface area contributed by atoms with Gasteiger partial charge in [-0.05, 0) is 14.1 Å². The second-order valence-electron chi connectivity index (χ2n) is 2.91. The molecule has 0 aromatic carbocycles. The Balaban J connectivity index is 3.31. The van der Waals surface area contributed by atoms with Gasteiger partial charge in [-0.3, -0.25) is 0 Å². The maximum atomic E-state index is 10.7. The van der Waals surface area contributed by atoms with E-state index in [1.165, 1.54) is 0 Å². The first-order valence-corrected chi connectivity index (χ1v) is 3.77. The van der Waals surface area contributed by atoms with Crippen molar-refractivity contribution < 1.29 is 9.80 Å². The molecule has 4 heteroatoms. The van der Waals surface area contributed by atoms with Crippen LogP contribution < -0.4 is 10.4 Å². The van der Waals surface area contributed by atoms with Crippen molar-refractivity contribution in [2.75, 3.05) is 34.2 Å². The topological polar surface area (TPSA) is 36.8 Å². The van der Waals surface area contributed by atoms with Crippen molar-refractivity contribution in [2.45, 2.75) is 6.92 Å². The molecule has 11 heavy (non-hydrogen) atoms. The van der Waals surface area contributed by atoms with Crippen LogP contribution in [0.4, 0.5) is 0 Å². The number of nitrogens with zero attached hydrogens (tertiary/aromatic N) is 1. The van der Waals surface area contributed by atoms with E-state index in [1.807, 2.05) is 14.1 Å². The Bertz CT molecular complexity index is 125. The molecular formula is C7H18N3O+. The summed E-state index contributed by atoms with van der Waals surface area (Å²) in [7, 11) is 5.81. The fourth-order valence-corrected chi connectivity index (χ4v) is 0.591. The lowest BCUT2D eigenvalue weighted by Crippen LogP contribution is -3.18. The summed E-state index contributed by atoms with van der Waals surface area (Å²) < 4.78 is 0. The molecule has 0 fully saturated rings. The van der Waals surface area contributed by atoms with Gasteiger partial charge in [-0.15, -0.1) is 0 Å². The minimum absolute atomic E-state index is 0.115. The third-order valence-corrected chi connectivity index (χ3v) is 1.48. The zero-order chi connectivity index (χ0) is 8.85. The van der Waals surface area contributed by atoms with Crippen LogP contribution in [0.25, 0.3) is 0 Å². The highest BCUT2D eigenvalue weighted by Crippen LogP contribution is 1.66. The van der Waals surface area contributed by atoms with E-state index in [0.29, 0.717) is 0 Å². The van der Waals surface area contributed by atoms with Crippen molar-refractivity contribution in [2.24, 2.45) is 0 Å². The molecule has 0 radical (unpaired) electrons. The molecule has 0 aromatic rings. The van der Waals surface area contributed by atoms with E-state index < -0.39 is 0 Å². The van der Waals surface area contributed by atoms with Gasteiger partial charge in [0.2, 0.25) is 0 Å². The standard InChI is InChI=1S/C7H17N3O/c1-7(11)10(4)8-5-6-9(2)3/h8H,5-6H2,1-4H3/p+1. The van der Waals surface area contributed by atoms with E-state index in [4.69, 9.17) is 0 Å². The van der Waals surface area contributed by atoms with Crippen molar-refractivity contribution in [3.8, 4) is 0 Å². The summed E-state index contributed by atoms with van der Waals surface area (Å²) in [5, 5.41) is 0.742. The number of hydrogen-bond donors (Lipinski definition) is 2. The summed E-state index contributed by atoms with van der Waals surface area (Å²) in [6.45, 7) is 3.35. The summed E-state index contributed by atoms with van der Waals surface area (Å²) in [5.74, 6) is 0.115. The first-order valence-electron chi connectivity index (χ1n) is 3.77. The van der Waals surface area contributed by atoms with Crippen LogP contribution in [0.2, 0.25) is 0 Å². The van der Waals surface area contributed by atoms with Crippen molar-refractivity contribution in [3.63, 3.8) is 0 Å². The minimum Gasteiger partial charge on any atom is -0.308 e. The Hall–Kier alpha value is -0.450. The van der Waals surface area contributed by atoms with E-state index >= 15 is 0 Å². The van der Waals surface area contributed by atoms with Crippen LogP contribution in [0.15, 0.2) is 0 Å². The van der Waals surface area contributed by atoms with Crippen molar-refractivity contribution in [3.05, 3.63) is 0 Å². The van der Waals surface area contributed by atoms with Crippen LogP contribution >= 0.6 is 0 Å². The zero-order valence-electron chi connectivity index (χ0n) is 7.77. The summed E-state index contributed by atoms with van der Waals surface area (Å²) in [5.41, 5.74) is 3.04. The van der Waals surface area contributed by atoms with Gasteiger partial charge in [0.1, 0.15) is 0 Å². The monoisotopic (exact) mass is 160 g/mol. The van der Waals surface area contributed by atoms with Gasteiger partial charge in [-0.25, -0.2) is 4.79 Å². The van der Waals surface area contributed by atoms with E-state index in [9.17, 15) is 4.79 Å². The number of carbonyl (C=O) groups is 1. The molecule has 1 amide bonds. The number of likely N-dealkylation sites (N-methyl/N-ethyl adjacent to an activating group) is 1. The fourth-order valence-electron chi connectivity index (χ4n) is 0.591. The maximum absolute atomic E-state index is 10.7. The summed E-state index contributed by atoms with van der Waals surface area (Å²) in [6, 6.07) is 0. The van der Waals surface area contributed by atoms with Gasteiger partial charge in [-0.1, -0.05) is 0 Å². The number of hydrogen-bond acceptors (Lipinski definition) is 3. The van der Waals surface area contributed by atoms with Gasteiger partial charge >= 0.3 is 5.91 Å². The molecule has 2 N–H and O–H groups in total. The lowest BCUT2D eigenvalue weighted by Gasteiger charge is -2.12. The Morgan fingerprint density at radius 1 is 1.55 bits per heavy atom. The Labute approximate surface area is 68.1 Å². The molecule has 4 nitrogen and oxygen atoms in total. The number of carbonyl (C=O) groups excluding carboxylic acids is 1. The first kappa shape index (κ1) is 10.6. The maximum Gasteiger partial charge on any atom is 0.327 e. The predicted octanol–water partition coefficient (Wildman–Crippen LogP) is -1.89. The quantitative estimate of drug-likeness (QED) is 0.472. The van der Waals surface area contributed by atoms with E-state index in [2.05, 4.69) is 10.3 Å². The van der Waals surface area contributed by atoms with Crippen LogP contribution in [0.1, 0.15) is 6.92 Å². The van der Waals surface area contributed by atoms with Gasteiger partial charge in [0, 0.05) is 6.54 Å². The molecule has 0 bridgehead atoms. The largest absolute Gasteiger partial charge is 0.327 e. The molecule has 0 aliphatic heterocycles. The van der Waals surface area contributed by atoms with E-state index in [1.54, 1.807) is 14.0 Å². The van der Waals surface area contributed by atoms with Crippen molar-refractivity contribution in [1.29, 1.82) is 0 Å². The number of quaternary nitrogens is 1. The molecule has 0 saturated carbocycles. The molecule has 0 rings (SSSR count). The Kier molecular flexibility index (Phi) is 5.02. The average molecular weight is 160 g/mol. The molecule has 0 saturated heterocycles. The predicted molar refractivity (Wildman–Crippen MR) is 44.1 cm³/mol. The number of amides is 1. The van der Waals surface area contributed by atoms with Crippen LogP contribution in [-0.2, 0) is 4.79 Å². The molecule has 0 heterocycles. The molecule has 1 unspecified atom stereocenters. The smallest absolute Gasteiger partial charge is 0.308 e. The second-order valence-corrected chi connectivity index (χ2v) is 2.91. The lowest BCUT2D eigenvalue weighted by molar-refractivity contribution is -0.847. The van der Waals surface area contributed by atoms with Crippen molar-refractivity contribution >= 4 is 5.91 Å². The normalized spacial score (nSPS) is 13.5. The Morgan fingerprint density at radius 2 is 2.09 bits per heavy atom. The van der Waals surface area contributed by atoms with Crippen LogP contribution in [0, 0.1) is 0 Å². The van der Waals surface area contributed by atoms with Crippen LogP contribution in [0.5, 0.6) is 0 Å². The molecule has 1 atom stereocenters. The van der Waals surface area contributed by atoms with Crippen LogP contribution in [0.3, 0.4) is 0 Å².